The monoisotopic (exact) mass is 249 g/mol. The number of aliphatic carboxylic acids is 1. The van der Waals surface area contributed by atoms with Gasteiger partial charge in [0.2, 0.25) is 0 Å². The summed E-state index contributed by atoms with van der Waals surface area (Å²) in [6.45, 7) is 10.1. The fourth-order valence-corrected chi connectivity index (χ4v) is 2.27. The van der Waals surface area contributed by atoms with Crippen molar-refractivity contribution in [1.29, 1.82) is 0 Å². The smallest absolute Gasteiger partial charge is 0.326 e. The van der Waals surface area contributed by atoms with E-state index in [0.717, 1.165) is 16.8 Å². The third kappa shape index (κ3) is 3.76. The van der Waals surface area contributed by atoms with Crippen molar-refractivity contribution >= 4 is 11.7 Å². The summed E-state index contributed by atoms with van der Waals surface area (Å²) in [7, 11) is 0. The maximum Gasteiger partial charge on any atom is 0.326 e. The number of nitrogens with one attached hydrogen (secondary N) is 1. The van der Waals surface area contributed by atoms with Crippen LogP contribution in [-0.4, -0.2) is 17.1 Å². The zero-order valence-electron chi connectivity index (χ0n) is 11.9. The van der Waals surface area contributed by atoms with Crippen molar-refractivity contribution in [3.63, 3.8) is 0 Å². The standard InChI is InChI=1S/C15H23NO2/c1-9(2)6-13(15(17)18)16-14-11(4)7-10(3)8-12(14)5/h7-9,13,16H,6H2,1-5H3,(H,17,18). The summed E-state index contributed by atoms with van der Waals surface area (Å²) in [5.74, 6) is -0.437. The topological polar surface area (TPSA) is 49.3 Å². The zero-order chi connectivity index (χ0) is 13.9. The van der Waals surface area contributed by atoms with Gasteiger partial charge >= 0.3 is 5.97 Å². The zero-order valence-corrected chi connectivity index (χ0v) is 11.9. The molecule has 3 heteroatoms. The minimum Gasteiger partial charge on any atom is -0.480 e. The summed E-state index contributed by atoms with van der Waals surface area (Å²) in [5, 5.41) is 12.4. The average molecular weight is 249 g/mol. The van der Waals surface area contributed by atoms with Gasteiger partial charge in [-0.1, -0.05) is 31.5 Å². The molecule has 18 heavy (non-hydrogen) atoms. The number of carboxylic acid groups (broad SMARTS) is 1. The molecule has 0 radical (unpaired) electrons. The molecule has 0 heterocycles. The van der Waals surface area contributed by atoms with Crippen molar-refractivity contribution < 1.29 is 9.90 Å². The van der Waals surface area contributed by atoms with Crippen molar-refractivity contribution in [2.45, 2.75) is 47.1 Å². The van der Waals surface area contributed by atoms with Crippen LogP contribution in [0.3, 0.4) is 0 Å². The molecule has 100 valence electrons. The number of hydrogen-bond acceptors (Lipinski definition) is 2. The molecule has 1 unspecified atom stereocenters. The second-order valence-electron chi connectivity index (χ2n) is 5.44. The van der Waals surface area contributed by atoms with Gasteiger partial charge < -0.3 is 10.4 Å². The lowest BCUT2D eigenvalue weighted by Gasteiger charge is -2.21. The third-order valence-electron chi connectivity index (χ3n) is 3.00. The predicted molar refractivity (Wildman–Crippen MR) is 75.2 cm³/mol. The van der Waals surface area contributed by atoms with Crippen LogP contribution in [0.4, 0.5) is 5.69 Å². The average Bonchev–Trinajstić information content (AvgIpc) is 2.20. The first-order chi connectivity index (χ1) is 8.31. The Morgan fingerprint density at radius 3 is 2.11 bits per heavy atom. The highest BCUT2D eigenvalue weighted by Crippen LogP contribution is 2.24. The van der Waals surface area contributed by atoms with E-state index in [9.17, 15) is 9.90 Å². The highest BCUT2D eigenvalue weighted by Gasteiger charge is 2.20. The molecule has 0 spiro atoms. The molecule has 0 saturated heterocycles. The molecule has 0 aliphatic heterocycles. The summed E-state index contributed by atoms with van der Waals surface area (Å²) < 4.78 is 0. The van der Waals surface area contributed by atoms with Crippen molar-refractivity contribution in [2.75, 3.05) is 5.32 Å². The second-order valence-corrected chi connectivity index (χ2v) is 5.44. The van der Waals surface area contributed by atoms with Crippen LogP contribution in [-0.2, 0) is 4.79 Å². The van der Waals surface area contributed by atoms with Crippen molar-refractivity contribution in [1.82, 2.24) is 0 Å². The van der Waals surface area contributed by atoms with Gasteiger partial charge in [0.1, 0.15) is 6.04 Å². The van der Waals surface area contributed by atoms with Crippen molar-refractivity contribution in [3.05, 3.63) is 28.8 Å². The van der Waals surface area contributed by atoms with Gasteiger partial charge in [-0.25, -0.2) is 4.79 Å². The molecule has 2 N–H and O–H groups in total. The largest absolute Gasteiger partial charge is 0.480 e. The Morgan fingerprint density at radius 1 is 1.22 bits per heavy atom. The maximum absolute atomic E-state index is 11.3. The third-order valence-corrected chi connectivity index (χ3v) is 3.00. The van der Waals surface area contributed by atoms with Gasteiger partial charge in [-0.3, -0.25) is 0 Å². The number of benzene rings is 1. The number of carbonyl (C=O) groups is 1. The second kappa shape index (κ2) is 5.89. The van der Waals surface area contributed by atoms with Gasteiger partial charge in [0.15, 0.2) is 0 Å². The van der Waals surface area contributed by atoms with Crippen LogP contribution in [0, 0.1) is 26.7 Å². The minimum atomic E-state index is -0.789. The van der Waals surface area contributed by atoms with E-state index in [4.69, 9.17) is 0 Å². The fraction of sp³-hybridized carbons (Fsp3) is 0.533. The first-order valence-corrected chi connectivity index (χ1v) is 6.38. The Bertz CT molecular complexity index is 415. The number of anilines is 1. The first-order valence-electron chi connectivity index (χ1n) is 6.38. The Kier molecular flexibility index (Phi) is 4.76. The molecule has 1 rings (SSSR count). The molecule has 1 aromatic rings. The molecule has 0 saturated carbocycles. The summed E-state index contributed by atoms with van der Waals surface area (Å²) in [4.78, 5) is 11.3. The van der Waals surface area contributed by atoms with E-state index in [0.29, 0.717) is 12.3 Å². The molecular weight excluding hydrogens is 226 g/mol. The van der Waals surface area contributed by atoms with Crippen LogP contribution in [0.25, 0.3) is 0 Å². The molecule has 1 aromatic carbocycles. The molecular formula is C15H23NO2. The van der Waals surface area contributed by atoms with Gasteiger partial charge in [-0.15, -0.1) is 0 Å². The lowest BCUT2D eigenvalue weighted by molar-refractivity contribution is -0.138. The maximum atomic E-state index is 11.3. The normalized spacial score (nSPS) is 12.6. The van der Waals surface area contributed by atoms with Crippen LogP contribution in [0.2, 0.25) is 0 Å². The number of rotatable bonds is 5. The lowest BCUT2D eigenvalue weighted by atomic mass is 10.0. The minimum absolute atomic E-state index is 0.352. The molecule has 0 aliphatic rings. The molecule has 0 amide bonds. The quantitative estimate of drug-likeness (QED) is 0.839. The van der Waals surface area contributed by atoms with E-state index in [1.807, 2.05) is 34.6 Å². The van der Waals surface area contributed by atoms with Crippen molar-refractivity contribution in [3.8, 4) is 0 Å². The van der Waals surface area contributed by atoms with Crippen LogP contribution < -0.4 is 5.32 Å². The van der Waals surface area contributed by atoms with Crippen LogP contribution in [0.15, 0.2) is 12.1 Å². The summed E-state index contributed by atoms with van der Waals surface area (Å²) in [5.41, 5.74) is 4.35. The van der Waals surface area contributed by atoms with Crippen LogP contribution in [0.1, 0.15) is 37.0 Å². The van der Waals surface area contributed by atoms with Gasteiger partial charge in [-0.2, -0.15) is 0 Å². The summed E-state index contributed by atoms with van der Waals surface area (Å²) in [6, 6.07) is 3.62. The SMILES string of the molecule is Cc1cc(C)c(NC(CC(C)C)C(=O)O)c(C)c1. The molecule has 3 nitrogen and oxygen atoms in total. The Morgan fingerprint density at radius 2 is 1.72 bits per heavy atom. The van der Waals surface area contributed by atoms with E-state index < -0.39 is 12.0 Å². The van der Waals surface area contributed by atoms with Crippen molar-refractivity contribution in [2.24, 2.45) is 5.92 Å². The Labute approximate surface area is 109 Å². The van der Waals surface area contributed by atoms with E-state index in [-0.39, 0.29) is 0 Å². The van der Waals surface area contributed by atoms with E-state index in [1.54, 1.807) is 0 Å². The number of aryl methyl sites for hydroxylation is 3. The number of carboxylic acids is 1. The molecule has 0 aliphatic carbocycles. The van der Waals surface area contributed by atoms with Gasteiger partial charge in [0.25, 0.3) is 0 Å². The van der Waals surface area contributed by atoms with Crippen LogP contribution in [0.5, 0.6) is 0 Å². The summed E-state index contributed by atoms with van der Waals surface area (Å²) in [6.07, 6.45) is 0.627. The highest BCUT2D eigenvalue weighted by atomic mass is 16.4. The number of hydrogen-bond donors (Lipinski definition) is 2. The highest BCUT2D eigenvalue weighted by molar-refractivity contribution is 5.78. The fourth-order valence-electron chi connectivity index (χ4n) is 2.27. The lowest BCUT2D eigenvalue weighted by Crippen LogP contribution is -2.31. The molecule has 1 atom stereocenters. The van der Waals surface area contributed by atoms with E-state index in [2.05, 4.69) is 17.4 Å². The van der Waals surface area contributed by atoms with E-state index in [1.165, 1.54) is 5.56 Å². The van der Waals surface area contributed by atoms with Crippen LogP contribution >= 0.6 is 0 Å². The molecule has 0 fully saturated rings. The molecule has 0 bridgehead atoms. The van der Waals surface area contributed by atoms with Gasteiger partial charge in [0.05, 0.1) is 0 Å². The first kappa shape index (κ1) is 14.6. The predicted octanol–water partition coefficient (Wildman–Crippen LogP) is 3.52. The summed E-state index contributed by atoms with van der Waals surface area (Å²) >= 11 is 0. The Balaban J connectivity index is 2.97. The van der Waals surface area contributed by atoms with E-state index >= 15 is 0 Å². The Hall–Kier alpha value is -1.51. The van der Waals surface area contributed by atoms with Gasteiger partial charge in [0, 0.05) is 5.69 Å². The van der Waals surface area contributed by atoms with Gasteiger partial charge in [-0.05, 0) is 44.2 Å². The molecule has 0 aromatic heterocycles.